The van der Waals surface area contributed by atoms with Crippen LogP contribution in [0.3, 0.4) is 0 Å². The lowest BCUT2D eigenvalue weighted by molar-refractivity contribution is -0.287. The molecule has 55 heavy (non-hydrogen) atoms. The summed E-state index contributed by atoms with van der Waals surface area (Å²) in [6.45, 7) is 6.85. The molecule has 274 valence electrons. The number of benzene rings is 2. The van der Waals surface area contributed by atoms with Gasteiger partial charge in [-0.2, -0.15) is 36.3 Å². The standard InChI is InChI=1S/C41H26F6N6O2/c1-19-5-15-33-35(48-19)52-37(54-33)31-13-11-25(21(3)50-31)23-7-9-27-28-10-8-24(18-30(28)39(29(27)17-23,40(42,43)44)41(45,46)47)26-12-14-32(51-22(26)4)38-53-36-34(55-38)16-6-20(2)49-36/h5-18H,1-4H3. The average molecular weight is 749 g/mol. The number of rotatable bonds is 4. The van der Waals surface area contributed by atoms with Gasteiger partial charge >= 0.3 is 12.4 Å². The normalized spacial score (nSPS) is 13.8. The van der Waals surface area contributed by atoms with Crippen LogP contribution in [0.1, 0.15) is 33.9 Å². The molecule has 1 aliphatic rings. The summed E-state index contributed by atoms with van der Waals surface area (Å²) < 4.78 is 104. The molecule has 0 atom stereocenters. The minimum atomic E-state index is -5.77. The maximum absolute atomic E-state index is 15.4. The molecule has 9 rings (SSSR count). The molecule has 0 N–H and O–H groups in total. The van der Waals surface area contributed by atoms with Gasteiger partial charge in [0.15, 0.2) is 22.5 Å². The number of aryl methyl sites for hydroxylation is 4. The van der Waals surface area contributed by atoms with E-state index in [1.165, 1.54) is 24.3 Å². The van der Waals surface area contributed by atoms with Gasteiger partial charge in [0.2, 0.25) is 17.2 Å². The Labute approximate surface area is 308 Å². The van der Waals surface area contributed by atoms with Gasteiger partial charge in [0.1, 0.15) is 11.4 Å². The molecule has 2 aromatic carbocycles. The minimum Gasteiger partial charge on any atom is -0.433 e. The van der Waals surface area contributed by atoms with Crippen molar-refractivity contribution < 1.29 is 35.2 Å². The SMILES string of the molecule is Cc1ccc2oc(-c3ccc(-c4ccc5c(c4)C(C(F)(F)F)(C(F)(F)F)c4cc(-c6ccc(-c7nc8nc(C)ccc8o7)nc6C)ccc4-5)c(C)n3)nc2n1. The predicted molar refractivity (Wildman–Crippen MR) is 192 cm³/mol. The molecule has 0 amide bonds. The molecular formula is C41H26F6N6O2. The lowest BCUT2D eigenvalue weighted by Crippen LogP contribution is -2.53. The van der Waals surface area contributed by atoms with E-state index in [4.69, 9.17) is 8.83 Å². The molecule has 0 radical (unpaired) electrons. The van der Waals surface area contributed by atoms with Crippen LogP contribution in [0.5, 0.6) is 0 Å². The van der Waals surface area contributed by atoms with E-state index in [-0.39, 0.29) is 34.0 Å². The number of hydrogen-bond donors (Lipinski definition) is 0. The zero-order valence-electron chi connectivity index (χ0n) is 29.4. The Hall–Kier alpha value is -6.44. The third-order valence-electron chi connectivity index (χ3n) is 10.0. The van der Waals surface area contributed by atoms with Crippen LogP contribution in [-0.2, 0) is 5.41 Å². The first-order chi connectivity index (χ1) is 26.1. The maximum Gasteiger partial charge on any atom is 0.411 e. The Morgan fingerprint density at radius 1 is 0.455 bits per heavy atom. The Balaban J connectivity index is 1.13. The number of oxazole rings is 2. The van der Waals surface area contributed by atoms with Crippen LogP contribution in [0.25, 0.3) is 79.0 Å². The van der Waals surface area contributed by atoms with Crippen molar-refractivity contribution in [1.29, 1.82) is 0 Å². The molecule has 0 unspecified atom stereocenters. The van der Waals surface area contributed by atoms with E-state index < -0.39 is 28.9 Å². The van der Waals surface area contributed by atoms with E-state index in [1.807, 2.05) is 13.8 Å². The largest absolute Gasteiger partial charge is 0.433 e. The predicted octanol–water partition coefficient (Wildman–Crippen LogP) is 10.8. The highest BCUT2D eigenvalue weighted by molar-refractivity contribution is 5.88. The van der Waals surface area contributed by atoms with Gasteiger partial charge in [-0.3, -0.25) is 0 Å². The number of pyridine rings is 4. The molecular weight excluding hydrogens is 722 g/mol. The van der Waals surface area contributed by atoms with Gasteiger partial charge in [-0.15, -0.1) is 0 Å². The Morgan fingerprint density at radius 3 is 1.24 bits per heavy atom. The van der Waals surface area contributed by atoms with Crippen molar-refractivity contribution in [3.8, 4) is 56.6 Å². The molecule has 0 aliphatic heterocycles. The topological polar surface area (TPSA) is 104 Å². The molecule has 6 aromatic heterocycles. The number of halogens is 6. The second-order valence-corrected chi connectivity index (χ2v) is 13.5. The van der Waals surface area contributed by atoms with Crippen LogP contribution in [0.2, 0.25) is 0 Å². The summed E-state index contributed by atoms with van der Waals surface area (Å²) in [7, 11) is 0. The fraction of sp³-hybridized carbons (Fsp3) is 0.171. The lowest BCUT2D eigenvalue weighted by atomic mass is 9.75. The average Bonchev–Trinajstić information content (AvgIpc) is 3.82. The van der Waals surface area contributed by atoms with E-state index in [2.05, 4.69) is 29.9 Å². The molecule has 6 heterocycles. The highest BCUT2D eigenvalue weighted by Crippen LogP contribution is 2.64. The highest BCUT2D eigenvalue weighted by Gasteiger charge is 2.75. The molecule has 0 saturated carbocycles. The first kappa shape index (κ1) is 34.3. The van der Waals surface area contributed by atoms with Gasteiger partial charge in [-0.1, -0.05) is 36.4 Å². The third-order valence-corrected chi connectivity index (χ3v) is 10.0. The quantitative estimate of drug-likeness (QED) is 0.164. The van der Waals surface area contributed by atoms with Crippen LogP contribution in [0.15, 0.2) is 93.8 Å². The summed E-state index contributed by atoms with van der Waals surface area (Å²) in [5, 5.41) is 0. The van der Waals surface area contributed by atoms with Crippen LogP contribution >= 0.6 is 0 Å². The maximum atomic E-state index is 15.4. The second kappa shape index (κ2) is 11.8. The molecule has 8 nitrogen and oxygen atoms in total. The third kappa shape index (κ3) is 5.22. The molecule has 0 bridgehead atoms. The summed E-state index contributed by atoms with van der Waals surface area (Å²) in [5.41, 5.74) is -1.04. The number of aromatic nitrogens is 6. The van der Waals surface area contributed by atoms with Crippen LogP contribution < -0.4 is 0 Å². The minimum absolute atomic E-state index is 0.135. The molecule has 0 saturated heterocycles. The van der Waals surface area contributed by atoms with E-state index in [9.17, 15) is 0 Å². The number of alkyl halides is 6. The van der Waals surface area contributed by atoms with Gasteiger partial charge in [-0.25, -0.2) is 19.9 Å². The molecule has 8 aromatic rings. The molecule has 0 spiro atoms. The first-order valence-electron chi connectivity index (χ1n) is 17.0. The summed E-state index contributed by atoms with van der Waals surface area (Å²) in [6.07, 6.45) is -11.5. The van der Waals surface area contributed by atoms with E-state index in [0.29, 0.717) is 56.4 Å². The van der Waals surface area contributed by atoms with Crippen molar-refractivity contribution in [3.63, 3.8) is 0 Å². The van der Waals surface area contributed by atoms with Gasteiger partial charge in [0.25, 0.3) is 0 Å². The highest BCUT2D eigenvalue weighted by atomic mass is 19.4. The Bertz CT molecular complexity index is 2680. The van der Waals surface area contributed by atoms with Crippen molar-refractivity contribution in [2.24, 2.45) is 0 Å². The molecule has 14 heteroatoms. The van der Waals surface area contributed by atoms with Crippen molar-refractivity contribution in [2.45, 2.75) is 45.5 Å². The smallest absolute Gasteiger partial charge is 0.411 e. The summed E-state index contributed by atoms with van der Waals surface area (Å²) >= 11 is 0. The second-order valence-electron chi connectivity index (χ2n) is 13.5. The zero-order chi connectivity index (χ0) is 38.6. The van der Waals surface area contributed by atoms with Gasteiger partial charge in [0.05, 0.1) is 0 Å². The van der Waals surface area contributed by atoms with Gasteiger partial charge in [-0.05, 0) is 110 Å². The fourth-order valence-corrected chi connectivity index (χ4v) is 7.45. The van der Waals surface area contributed by atoms with E-state index in [1.54, 1.807) is 62.4 Å². The van der Waals surface area contributed by atoms with Crippen molar-refractivity contribution in [2.75, 3.05) is 0 Å². The van der Waals surface area contributed by atoms with Crippen LogP contribution in [-0.4, -0.2) is 42.3 Å². The Morgan fingerprint density at radius 2 is 0.855 bits per heavy atom. The molecule has 1 aliphatic carbocycles. The monoisotopic (exact) mass is 748 g/mol. The van der Waals surface area contributed by atoms with E-state index in [0.717, 1.165) is 23.5 Å². The first-order valence-corrected chi connectivity index (χ1v) is 17.0. The summed E-state index contributed by atoms with van der Waals surface area (Å²) in [6, 6.07) is 20.8. The zero-order valence-corrected chi connectivity index (χ0v) is 29.4. The van der Waals surface area contributed by atoms with Crippen molar-refractivity contribution in [1.82, 2.24) is 29.9 Å². The lowest BCUT2D eigenvalue weighted by Gasteiger charge is -2.36. The van der Waals surface area contributed by atoms with Crippen molar-refractivity contribution in [3.05, 3.63) is 119 Å². The Kier molecular flexibility index (Phi) is 7.35. The number of hydrogen-bond acceptors (Lipinski definition) is 8. The van der Waals surface area contributed by atoms with Crippen LogP contribution in [0.4, 0.5) is 26.3 Å². The van der Waals surface area contributed by atoms with Gasteiger partial charge in [0, 0.05) is 33.9 Å². The van der Waals surface area contributed by atoms with Gasteiger partial charge < -0.3 is 8.83 Å². The van der Waals surface area contributed by atoms with Crippen LogP contribution in [0, 0.1) is 27.7 Å². The number of fused-ring (bicyclic) bond motifs is 5. The number of nitrogens with zero attached hydrogens (tertiary/aromatic N) is 6. The van der Waals surface area contributed by atoms with E-state index >= 15 is 26.3 Å². The summed E-state index contributed by atoms with van der Waals surface area (Å²) in [4.78, 5) is 26.6. The molecule has 0 fully saturated rings. The van der Waals surface area contributed by atoms with Crippen molar-refractivity contribution >= 4 is 22.5 Å². The fourth-order valence-electron chi connectivity index (χ4n) is 7.45. The summed E-state index contributed by atoms with van der Waals surface area (Å²) in [5.74, 6) is 0.351.